The number of unbranched alkanes of at least 4 members (excludes halogenated alkanes) is 9. The van der Waals surface area contributed by atoms with Gasteiger partial charge in [0.15, 0.2) is 0 Å². The molecule has 0 unspecified atom stereocenters. The number of nitriles is 2. The van der Waals surface area contributed by atoms with Crippen LogP contribution < -0.4 is 62.0 Å². The fourth-order valence-electron chi connectivity index (χ4n) is 12.0. The molecular weight excluding hydrogens is 1450 g/mol. The third kappa shape index (κ3) is 28.2. The number of ether oxygens (including phenoxy) is 6. The normalized spacial score (nSPS) is 10.8. The van der Waals surface area contributed by atoms with Crippen LogP contribution in [0.2, 0.25) is 0 Å². The first-order valence-corrected chi connectivity index (χ1v) is 43.4. The van der Waals surface area contributed by atoms with Gasteiger partial charge in [-0.15, -0.1) is 0 Å². The Morgan fingerprint density at radius 1 is 0.275 bits per heavy atom. The predicted molar refractivity (Wildman–Crippen MR) is 431 cm³/mol. The first-order valence-electron chi connectivity index (χ1n) is 35.4. The Morgan fingerprint density at radius 3 is 0.627 bits per heavy atom. The summed E-state index contributed by atoms with van der Waals surface area (Å²) >= 11 is -0.106. The van der Waals surface area contributed by atoms with Crippen molar-refractivity contribution >= 4 is 90.6 Å². The van der Waals surface area contributed by atoms with Crippen LogP contribution in [0.5, 0.6) is 17.2 Å². The standard InChI is InChI=1S/C84H93O6P3.2C2H3N.2ClH.Pd/c1-67-82(64-85-58-28-4-7-31-61-88-70-46-52-79(53-47-70)91(73-34-16-10-17-35-73)74-36-18-11-19-37-74)68(2)84(66-87-60-30-6-9-33-63-90-72-50-56-81(57-51-72)93(77-42-24-14-25-43-77)78-44-26-15-27-45-78)69(3)83(67)65-86-59-29-5-8-32-62-89-71-48-54-80(55-49-71)92(75-38-20-12-21-39-75)76-40-22-13-23-41-76;2*1-2-3;;;/h10-27,34-57H,4-9,28-33,58-66H2,1-3H3;2*1H3;2*1H;/q;;;;;+2/p-2. The molecule has 536 valence electrons. The fourth-order valence-corrected chi connectivity index (χ4v) is 18.8. The Labute approximate surface area is 629 Å². The second-order valence-corrected chi connectivity index (χ2v) is 33.3. The summed E-state index contributed by atoms with van der Waals surface area (Å²) in [5, 5.41) is 26.7. The quantitative estimate of drug-likeness (QED) is 0.0213. The van der Waals surface area contributed by atoms with E-state index in [0.717, 1.165) is 114 Å². The zero-order chi connectivity index (χ0) is 72.0. The van der Waals surface area contributed by atoms with Gasteiger partial charge < -0.3 is 28.4 Å². The summed E-state index contributed by atoms with van der Waals surface area (Å²) in [4.78, 5) is 0. The van der Waals surface area contributed by atoms with Crippen molar-refractivity contribution in [2.75, 3.05) is 39.6 Å². The summed E-state index contributed by atoms with van der Waals surface area (Å²) in [7, 11) is 7.73. The molecule has 0 aliphatic rings. The second kappa shape index (κ2) is 49.6. The van der Waals surface area contributed by atoms with Crippen molar-refractivity contribution in [2.24, 2.45) is 0 Å². The third-order valence-corrected chi connectivity index (χ3v) is 24.5. The molecular formula is C88H99Cl2N2O6P3Pd. The van der Waals surface area contributed by atoms with E-state index in [0.29, 0.717) is 39.6 Å². The summed E-state index contributed by atoms with van der Waals surface area (Å²) in [5.74, 6) is 2.79. The second-order valence-electron chi connectivity index (χ2n) is 24.3. The zero-order valence-corrected chi connectivity index (χ0v) is 65.6. The minimum atomic E-state index is -0.634. The van der Waals surface area contributed by atoms with Crippen molar-refractivity contribution in [2.45, 2.75) is 131 Å². The van der Waals surface area contributed by atoms with Gasteiger partial charge in [0.1, 0.15) is 17.2 Å². The molecule has 0 aliphatic carbocycles. The molecule has 0 heterocycles. The molecule has 10 rings (SSSR count). The average molecular weight is 1550 g/mol. The molecule has 0 saturated heterocycles. The van der Waals surface area contributed by atoms with E-state index in [1.165, 1.54) is 95.0 Å². The molecule has 0 fully saturated rings. The van der Waals surface area contributed by atoms with E-state index in [1.807, 2.05) is 0 Å². The Bertz CT molecular complexity index is 3410. The number of rotatable bonds is 39. The van der Waals surface area contributed by atoms with Gasteiger partial charge in [-0.1, -0.05) is 238 Å². The van der Waals surface area contributed by atoms with Crippen LogP contribution in [0.1, 0.15) is 124 Å². The number of hydrogen-bond donors (Lipinski definition) is 0. The van der Waals surface area contributed by atoms with Crippen molar-refractivity contribution in [1.29, 1.82) is 10.5 Å². The maximum absolute atomic E-state index is 7.32. The monoisotopic (exact) mass is 1550 g/mol. The van der Waals surface area contributed by atoms with Gasteiger partial charge in [0.05, 0.1) is 51.8 Å². The van der Waals surface area contributed by atoms with Crippen molar-refractivity contribution < 1.29 is 44.4 Å². The minimum absolute atomic E-state index is 0.106. The van der Waals surface area contributed by atoms with E-state index < -0.39 is 23.8 Å². The van der Waals surface area contributed by atoms with Crippen LogP contribution in [0.15, 0.2) is 255 Å². The fraction of sp³-hybridized carbons (Fsp3) is 0.295. The van der Waals surface area contributed by atoms with E-state index in [2.05, 4.69) is 276 Å². The molecule has 0 aliphatic heterocycles. The topological polar surface area (TPSA) is 103 Å². The first-order chi connectivity index (χ1) is 50.2. The molecule has 0 spiro atoms. The summed E-state index contributed by atoms with van der Waals surface area (Å²) in [6, 6.07) is 94.9. The van der Waals surface area contributed by atoms with Crippen LogP contribution >= 0.6 is 42.8 Å². The van der Waals surface area contributed by atoms with E-state index >= 15 is 0 Å². The molecule has 14 heteroatoms. The van der Waals surface area contributed by atoms with Crippen LogP contribution in [-0.2, 0) is 50.0 Å². The van der Waals surface area contributed by atoms with E-state index in [1.54, 1.807) is 12.1 Å². The summed E-state index contributed by atoms with van der Waals surface area (Å²) in [6.45, 7) is 15.7. The molecule has 10 aromatic carbocycles. The van der Waals surface area contributed by atoms with Crippen molar-refractivity contribution in [3.05, 3.63) is 288 Å². The van der Waals surface area contributed by atoms with Crippen LogP contribution in [0.25, 0.3) is 0 Å². The van der Waals surface area contributed by atoms with Gasteiger partial charge >= 0.3 is 35.0 Å². The molecule has 0 N–H and O–H groups in total. The van der Waals surface area contributed by atoms with Gasteiger partial charge in [-0.3, -0.25) is 0 Å². The van der Waals surface area contributed by atoms with Gasteiger partial charge in [0.2, 0.25) is 0 Å². The summed E-state index contributed by atoms with van der Waals surface area (Å²) < 4.78 is 38.3. The molecule has 0 saturated carbocycles. The number of halogens is 2. The zero-order valence-electron chi connectivity index (χ0n) is 59.9. The summed E-state index contributed by atoms with van der Waals surface area (Å²) in [5.41, 5.74) is 7.63. The molecule has 0 aromatic heterocycles. The molecule has 0 atom stereocenters. The predicted octanol–water partition coefficient (Wildman–Crippen LogP) is 19.8. The van der Waals surface area contributed by atoms with E-state index in [-0.39, 0.29) is 15.9 Å². The molecule has 0 amide bonds. The molecule has 10 aromatic rings. The van der Waals surface area contributed by atoms with Crippen molar-refractivity contribution in [3.63, 3.8) is 0 Å². The van der Waals surface area contributed by atoms with Gasteiger partial charge in [-0.05, 0) is 220 Å². The number of benzene rings is 10. The van der Waals surface area contributed by atoms with E-state index in [9.17, 15) is 0 Å². The average Bonchev–Trinajstić information content (AvgIpc) is 0.790. The Balaban J connectivity index is 0.00000154. The van der Waals surface area contributed by atoms with Crippen LogP contribution in [0, 0.1) is 43.4 Å². The van der Waals surface area contributed by atoms with Gasteiger partial charge in [-0.2, -0.15) is 10.5 Å². The van der Waals surface area contributed by atoms with Gasteiger partial charge in [0.25, 0.3) is 0 Å². The van der Waals surface area contributed by atoms with Gasteiger partial charge in [-0.25, -0.2) is 0 Å². The third-order valence-electron chi connectivity index (χ3n) is 17.2. The van der Waals surface area contributed by atoms with Crippen LogP contribution in [0.4, 0.5) is 0 Å². The number of nitrogens with zero attached hydrogens (tertiary/aromatic N) is 2. The van der Waals surface area contributed by atoms with Crippen molar-refractivity contribution in [3.8, 4) is 29.4 Å². The Morgan fingerprint density at radius 2 is 0.441 bits per heavy atom. The van der Waals surface area contributed by atoms with E-state index in [4.69, 9.17) is 58.0 Å². The van der Waals surface area contributed by atoms with Crippen molar-refractivity contribution in [1.82, 2.24) is 0 Å². The SMILES string of the molecule is CC#N.CC#N.Cc1c(COCCCCCCOc2ccc(P(c3ccccc3)c3ccccc3)cc2)c(C)c(COCCCCCCOc2ccc(P(c3ccccc3)c3ccccc3)cc2)c(C)c1COCCCCCCOc1ccc(P(c2ccccc2)c2ccccc2)cc1.[Cl][Pd][Cl]. The number of hydrogen-bond acceptors (Lipinski definition) is 8. The molecule has 0 radical (unpaired) electrons. The first kappa shape index (κ1) is 82.3. The Hall–Kier alpha value is -7.01. The van der Waals surface area contributed by atoms with Gasteiger partial charge in [0, 0.05) is 33.7 Å². The Kier molecular flexibility index (Phi) is 40.0. The van der Waals surface area contributed by atoms with Crippen LogP contribution in [-0.4, -0.2) is 39.6 Å². The summed E-state index contributed by atoms with van der Waals surface area (Å²) in [6.07, 6.45) is 12.7. The maximum atomic E-state index is 7.32. The molecule has 102 heavy (non-hydrogen) atoms. The molecule has 0 bridgehead atoms. The molecule has 8 nitrogen and oxygen atoms in total. The van der Waals surface area contributed by atoms with Crippen LogP contribution in [0.3, 0.4) is 0 Å².